The first-order valence-electron chi connectivity index (χ1n) is 6.77. The zero-order valence-corrected chi connectivity index (χ0v) is 13.0. The molecule has 0 aliphatic carbocycles. The molecule has 0 saturated heterocycles. The Morgan fingerprint density at radius 3 is 2.90 bits per heavy atom. The molecule has 0 aliphatic rings. The van der Waals surface area contributed by atoms with E-state index in [4.69, 9.17) is 0 Å². The van der Waals surface area contributed by atoms with Crippen molar-refractivity contribution >= 4 is 17.3 Å². The number of aromatic nitrogens is 1. The van der Waals surface area contributed by atoms with E-state index in [0.29, 0.717) is 13.1 Å². The standard InChI is InChI=1S/C15H19FN4S/c1-11-9-19-14(21-11)10-20-15(17-2)18-7-6-12-4-3-5-13(16)8-12/h3-5,8-9H,6-7,10H2,1-2H3,(H2,17,18,20). The molecule has 4 nitrogen and oxygen atoms in total. The number of hydrogen-bond acceptors (Lipinski definition) is 3. The first-order valence-corrected chi connectivity index (χ1v) is 7.59. The Morgan fingerprint density at radius 2 is 2.24 bits per heavy atom. The molecule has 0 amide bonds. The second-order valence-electron chi connectivity index (χ2n) is 4.60. The summed E-state index contributed by atoms with van der Waals surface area (Å²) in [5.41, 5.74) is 0.966. The lowest BCUT2D eigenvalue weighted by Crippen LogP contribution is -2.37. The van der Waals surface area contributed by atoms with Crippen LogP contribution in [-0.4, -0.2) is 24.5 Å². The Kier molecular flexibility index (Phi) is 5.68. The molecule has 0 fully saturated rings. The third kappa shape index (κ3) is 5.15. The molecule has 2 rings (SSSR count). The summed E-state index contributed by atoms with van der Waals surface area (Å²) in [6.07, 6.45) is 2.61. The van der Waals surface area contributed by atoms with Crippen LogP contribution in [0.4, 0.5) is 4.39 Å². The SMILES string of the molecule is CN=C(NCCc1cccc(F)c1)NCc1ncc(C)s1. The Labute approximate surface area is 128 Å². The van der Waals surface area contributed by atoms with Crippen LogP contribution in [-0.2, 0) is 13.0 Å². The second kappa shape index (κ2) is 7.73. The van der Waals surface area contributed by atoms with Crippen molar-refractivity contribution in [1.82, 2.24) is 15.6 Å². The van der Waals surface area contributed by atoms with Gasteiger partial charge in [0.1, 0.15) is 10.8 Å². The average Bonchev–Trinajstić information content (AvgIpc) is 2.88. The van der Waals surface area contributed by atoms with Gasteiger partial charge >= 0.3 is 0 Å². The normalized spacial score (nSPS) is 11.5. The molecule has 1 aromatic heterocycles. The summed E-state index contributed by atoms with van der Waals surface area (Å²) in [5.74, 6) is 0.522. The fourth-order valence-electron chi connectivity index (χ4n) is 1.88. The van der Waals surface area contributed by atoms with Crippen molar-refractivity contribution in [3.63, 3.8) is 0 Å². The van der Waals surface area contributed by atoms with E-state index in [2.05, 4.69) is 20.6 Å². The van der Waals surface area contributed by atoms with E-state index in [0.717, 1.165) is 23.0 Å². The van der Waals surface area contributed by atoms with Gasteiger partial charge in [0, 0.05) is 24.7 Å². The van der Waals surface area contributed by atoms with Gasteiger partial charge in [0.15, 0.2) is 5.96 Å². The zero-order valence-electron chi connectivity index (χ0n) is 12.2. The number of benzene rings is 1. The van der Waals surface area contributed by atoms with Crippen molar-refractivity contribution in [2.75, 3.05) is 13.6 Å². The van der Waals surface area contributed by atoms with Gasteiger partial charge in [-0.25, -0.2) is 9.37 Å². The van der Waals surface area contributed by atoms with Crippen LogP contribution in [0.15, 0.2) is 35.5 Å². The van der Waals surface area contributed by atoms with Crippen LogP contribution in [0.5, 0.6) is 0 Å². The van der Waals surface area contributed by atoms with Crippen molar-refractivity contribution in [3.8, 4) is 0 Å². The van der Waals surface area contributed by atoms with E-state index in [1.807, 2.05) is 19.2 Å². The van der Waals surface area contributed by atoms with Gasteiger partial charge in [-0.05, 0) is 31.0 Å². The fourth-order valence-corrected chi connectivity index (χ4v) is 2.61. The monoisotopic (exact) mass is 306 g/mol. The van der Waals surface area contributed by atoms with Crippen molar-refractivity contribution in [1.29, 1.82) is 0 Å². The molecular weight excluding hydrogens is 287 g/mol. The highest BCUT2D eigenvalue weighted by atomic mass is 32.1. The molecule has 2 aromatic rings. The largest absolute Gasteiger partial charge is 0.356 e. The van der Waals surface area contributed by atoms with Crippen LogP contribution in [0.25, 0.3) is 0 Å². The van der Waals surface area contributed by atoms with Crippen molar-refractivity contribution in [2.45, 2.75) is 19.9 Å². The lowest BCUT2D eigenvalue weighted by molar-refractivity contribution is 0.625. The van der Waals surface area contributed by atoms with Gasteiger partial charge in [-0.2, -0.15) is 0 Å². The number of aryl methyl sites for hydroxylation is 1. The van der Waals surface area contributed by atoms with Gasteiger partial charge in [0.2, 0.25) is 0 Å². The number of thiazole rings is 1. The average molecular weight is 306 g/mol. The van der Waals surface area contributed by atoms with Crippen molar-refractivity contribution in [3.05, 3.63) is 51.7 Å². The van der Waals surface area contributed by atoms with Crippen LogP contribution in [0.3, 0.4) is 0 Å². The molecule has 0 bridgehead atoms. The third-order valence-electron chi connectivity index (χ3n) is 2.89. The van der Waals surface area contributed by atoms with Crippen LogP contribution in [0.2, 0.25) is 0 Å². The number of hydrogen-bond donors (Lipinski definition) is 2. The van der Waals surface area contributed by atoms with Gasteiger partial charge < -0.3 is 10.6 Å². The minimum Gasteiger partial charge on any atom is -0.356 e. The number of nitrogens with zero attached hydrogens (tertiary/aromatic N) is 2. The summed E-state index contributed by atoms with van der Waals surface area (Å²) in [4.78, 5) is 9.64. The highest BCUT2D eigenvalue weighted by molar-refractivity contribution is 7.11. The molecule has 0 atom stereocenters. The lowest BCUT2D eigenvalue weighted by atomic mass is 10.1. The predicted molar refractivity (Wildman–Crippen MR) is 85.2 cm³/mol. The highest BCUT2D eigenvalue weighted by Gasteiger charge is 2.02. The number of rotatable bonds is 5. The maximum absolute atomic E-state index is 13.1. The van der Waals surface area contributed by atoms with Crippen LogP contribution in [0.1, 0.15) is 15.4 Å². The topological polar surface area (TPSA) is 49.3 Å². The summed E-state index contributed by atoms with van der Waals surface area (Å²) in [6.45, 7) is 3.38. The zero-order chi connectivity index (χ0) is 15.1. The summed E-state index contributed by atoms with van der Waals surface area (Å²) < 4.78 is 13.1. The Bertz CT molecular complexity index is 609. The van der Waals surface area contributed by atoms with E-state index in [1.54, 1.807) is 30.5 Å². The van der Waals surface area contributed by atoms with E-state index in [-0.39, 0.29) is 5.82 Å². The summed E-state index contributed by atoms with van der Waals surface area (Å²) in [7, 11) is 1.73. The van der Waals surface area contributed by atoms with Crippen molar-refractivity contribution in [2.24, 2.45) is 4.99 Å². The van der Waals surface area contributed by atoms with E-state index in [1.165, 1.54) is 10.9 Å². The molecular formula is C15H19FN4S. The summed E-state index contributed by atoms with van der Waals surface area (Å²) in [6, 6.07) is 6.64. The quantitative estimate of drug-likeness (QED) is 0.659. The first-order chi connectivity index (χ1) is 10.2. The molecule has 0 radical (unpaired) electrons. The van der Waals surface area contributed by atoms with Crippen LogP contribution < -0.4 is 10.6 Å². The van der Waals surface area contributed by atoms with E-state index in [9.17, 15) is 4.39 Å². The lowest BCUT2D eigenvalue weighted by Gasteiger charge is -2.10. The van der Waals surface area contributed by atoms with E-state index < -0.39 is 0 Å². The predicted octanol–water partition coefficient (Wildman–Crippen LogP) is 2.50. The fraction of sp³-hybridized carbons (Fsp3) is 0.333. The van der Waals surface area contributed by atoms with Crippen molar-refractivity contribution < 1.29 is 4.39 Å². The van der Waals surface area contributed by atoms with E-state index >= 15 is 0 Å². The molecule has 21 heavy (non-hydrogen) atoms. The molecule has 0 spiro atoms. The maximum atomic E-state index is 13.1. The number of guanidine groups is 1. The highest BCUT2D eigenvalue weighted by Crippen LogP contribution is 2.10. The number of aliphatic imine (C=N–C) groups is 1. The maximum Gasteiger partial charge on any atom is 0.191 e. The molecule has 0 unspecified atom stereocenters. The molecule has 112 valence electrons. The molecule has 0 aliphatic heterocycles. The molecule has 1 heterocycles. The minimum atomic E-state index is -0.200. The Hall–Kier alpha value is -1.95. The van der Waals surface area contributed by atoms with Gasteiger partial charge in [0.05, 0.1) is 6.54 Å². The number of halogens is 1. The Balaban J connectivity index is 1.75. The molecule has 2 N–H and O–H groups in total. The molecule has 1 aromatic carbocycles. The van der Waals surface area contributed by atoms with Crippen LogP contribution in [0, 0.1) is 12.7 Å². The van der Waals surface area contributed by atoms with Gasteiger partial charge in [0.25, 0.3) is 0 Å². The number of nitrogens with one attached hydrogen (secondary N) is 2. The molecule has 0 saturated carbocycles. The summed E-state index contributed by atoms with van der Waals surface area (Å²) in [5, 5.41) is 7.45. The smallest absolute Gasteiger partial charge is 0.191 e. The first kappa shape index (κ1) is 15.4. The van der Waals surface area contributed by atoms with Gasteiger partial charge in [-0.3, -0.25) is 4.99 Å². The second-order valence-corrected chi connectivity index (χ2v) is 5.92. The minimum absolute atomic E-state index is 0.200. The van der Waals surface area contributed by atoms with Gasteiger partial charge in [-0.15, -0.1) is 11.3 Å². The molecule has 6 heteroatoms. The van der Waals surface area contributed by atoms with Crippen LogP contribution >= 0.6 is 11.3 Å². The Morgan fingerprint density at radius 1 is 1.38 bits per heavy atom. The summed E-state index contributed by atoms with van der Waals surface area (Å²) >= 11 is 1.66. The third-order valence-corrected chi connectivity index (χ3v) is 3.81. The van der Waals surface area contributed by atoms with Gasteiger partial charge in [-0.1, -0.05) is 12.1 Å².